The third-order valence-corrected chi connectivity index (χ3v) is 1.84. The maximum Gasteiger partial charge on any atom is 0.115 e. The maximum atomic E-state index is 9.60. The quantitative estimate of drug-likeness (QED) is 0.716. The molecule has 0 saturated heterocycles. The van der Waals surface area contributed by atoms with Crippen LogP contribution in [-0.4, -0.2) is 23.3 Å². The van der Waals surface area contributed by atoms with Gasteiger partial charge in [0.1, 0.15) is 5.75 Å². The van der Waals surface area contributed by atoms with Crippen molar-refractivity contribution in [2.24, 2.45) is 0 Å². The molecule has 0 aliphatic carbocycles. The van der Waals surface area contributed by atoms with E-state index < -0.39 is 6.10 Å². The Hall–Kier alpha value is -0.770. The lowest BCUT2D eigenvalue weighted by Gasteiger charge is -2.11. The third kappa shape index (κ3) is 3.96. The van der Waals surface area contributed by atoms with Gasteiger partial charge in [0.2, 0.25) is 0 Å². The zero-order chi connectivity index (χ0) is 9.68. The van der Waals surface area contributed by atoms with Crippen molar-refractivity contribution >= 4 is 12.4 Å². The van der Waals surface area contributed by atoms with Crippen molar-refractivity contribution in [3.8, 4) is 5.75 Å². The lowest BCUT2D eigenvalue weighted by Crippen LogP contribution is -2.20. The van der Waals surface area contributed by atoms with E-state index in [0.717, 1.165) is 12.1 Å². The fourth-order valence-electron chi connectivity index (χ4n) is 1.13. The molecule has 1 rings (SSSR count). The Balaban J connectivity index is 0.00000169. The molecule has 0 radical (unpaired) electrons. The van der Waals surface area contributed by atoms with Gasteiger partial charge in [-0.3, -0.25) is 0 Å². The zero-order valence-corrected chi connectivity index (χ0v) is 8.92. The number of benzene rings is 1. The fraction of sp³-hybridized carbons (Fsp3) is 0.400. The molecule has 0 saturated carbocycles. The summed E-state index contributed by atoms with van der Waals surface area (Å²) in [6.45, 7) is 3.32. The van der Waals surface area contributed by atoms with Crippen LogP contribution in [0.1, 0.15) is 18.6 Å². The number of rotatable bonds is 4. The molecule has 0 heterocycles. The molecule has 4 heteroatoms. The van der Waals surface area contributed by atoms with Crippen molar-refractivity contribution in [2.45, 2.75) is 13.0 Å². The molecule has 1 aromatic rings. The molecule has 0 aliphatic rings. The van der Waals surface area contributed by atoms with Gasteiger partial charge in [-0.25, -0.2) is 0 Å². The van der Waals surface area contributed by atoms with Crippen LogP contribution in [0.4, 0.5) is 0 Å². The number of likely N-dealkylation sites (N-methyl/N-ethyl adjacent to an activating group) is 1. The first-order chi connectivity index (χ1) is 6.24. The first kappa shape index (κ1) is 13.2. The normalized spacial score (nSPS) is 11.9. The molecule has 1 aromatic carbocycles. The number of phenols is 1. The Kier molecular flexibility index (Phi) is 6.28. The van der Waals surface area contributed by atoms with Gasteiger partial charge >= 0.3 is 0 Å². The van der Waals surface area contributed by atoms with Crippen molar-refractivity contribution in [2.75, 3.05) is 13.1 Å². The summed E-state index contributed by atoms with van der Waals surface area (Å²) < 4.78 is 0. The van der Waals surface area contributed by atoms with Crippen molar-refractivity contribution in [1.29, 1.82) is 0 Å². The van der Waals surface area contributed by atoms with Gasteiger partial charge in [-0.05, 0) is 24.2 Å². The molecule has 0 aliphatic heterocycles. The Morgan fingerprint density at radius 1 is 1.43 bits per heavy atom. The summed E-state index contributed by atoms with van der Waals surface area (Å²) >= 11 is 0. The molecule has 3 nitrogen and oxygen atoms in total. The van der Waals surface area contributed by atoms with E-state index in [-0.39, 0.29) is 18.2 Å². The smallest absolute Gasteiger partial charge is 0.115 e. The van der Waals surface area contributed by atoms with Gasteiger partial charge in [0, 0.05) is 6.54 Å². The highest BCUT2D eigenvalue weighted by Crippen LogP contribution is 2.17. The molecule has 0 bridgehead atoms. The van der Waals surface area contributed by atoms with E-state index in [4.69, 9.17) is 5.11 Å². The van der Waals surface area contributed by atoms with Crippen molar-refractivity contribution in [1.82, 2.24) is 5.32 Å². The molecule has 1 unspecified atom stereocenters. The van der Waals surface area contributed by atoms with Gasteiger partial charge in [-0.15, -0.1) is 12.4 Å². The molecular formula is C10H16ClNO2. The molecule has 0 spiro atoms. The predicted molar refractivity (Wildman–Crippen MR) is 58.9 cm³/mol. The average molecular weight is 218 g/mol. The number of hydrogen-bond donors (Lipinski definition) is 3. The van der Waals surface area contributed by atoms with Crippen LogP contribution in [0, 0.1) is 0 Å². The van der Waals surface area contributed by atoms with E-state index in [9.17, 15) is 5.11 Å². The van der Waals surface area contributed by atoms with Crippen LogP contribution >= 0.6 is 12.4 Å². The van der Waals surface area contributed by atoms with Crippen molar-refractivity contribution < 1.29 is 10.2 Å². The average Bonchev–Trinajstić information content (AvgIpc) is 2.14. The molecule has 0 aromatic heterocycles. The summed E-state index contributed by atoms with van der Waals surface area (Å²) in [7, 11) is 0. The van der Waals surface area contributed by atoms with Crippen LogP contribution < -0.4 is 5.32 Å². The minimum atomic E-state index is -0.549. The summed E-state index contributed by atoms with van der Waals surface area (Å²) in [4.78, 5) is 0. The second-order valence-electron chi connectivity index (χ2n) is 2.92. The Morgan fingerprint density at radius 3 is 2.71 bits per heavy atom. The second kappa shape index (κ2) is 6.65. The van der Waals surface area contributed by atoms with Crippen LogP contribution in [0.15, 0.2) is 24.3 Å². The molecule has 0 fully saturated rings. The van der Waals surface area contributed by atoms with Crippen molar-refractivity contribution in [3.05, 3.63) is 29.8 Å². The van der Waals surface area contributed by atoms with E-state index in [0.29, 0.717) is 6.54 Å². The number of nitrogens with one attached hydrogen (secondary N) is 1. The van der Waals surface area contributed by atoms with E-state index >= 15 is 0 Å². The molecule has 14 heavy (non-hydrogen) atoms. The largest absolute Gasteiger partial charge is 0.508 e. The van der Waals surface area contributed by atoms with Crippen LogP contribution in [0.2, 0.25) is 0 Å². The SMILES string of the molecule is CCNCC(O)c1cccc(O)c1.Cl. The minimum absolute atomic E-state index is 0. The number of aliphatic hydroxyl groups excluding tert-OH is 1. The summed E-state index contributed by atoms with van der Waals surface area (Å²) in [6, 6.07) is 6.67. The number of aromatic hydroxyl groups is 1. The highest BCUT2D eigenvalue weighted by atomic mass is 35.5. The molecular weight excluding hydrogens is 202 g/mol. The Morgan fingerprint density at radius 2 is 2.14 bits per heavy atom. The van der Waals surface area contributed by atoms with Gasteiger partial charge in [-0.2, -0.15) is 0 Å². The monoisotopic (exact) mass is 217 g/mol. The van der Waals surface area contributed by atoms with E-state index in [1.807, 2.05) is 6.92 Å². The number of aliphatic hydroxyl groups is 1. The maximum absolute atomic E-state index is 9.60. The van der Waals surface area contributed by atoms with Gasteiger partial charge in [0.25, 0.3) is 0 Å². The van der Waals surface area contributed by atoms with E-state index in [2.05, 4.69) is 5.32 Å². The zero-order valence-electron chi connectivity index (χ0n) is 8.10. The topological polar surface area (TPSA) is 52.5 Å². The number of hydrogen-bond acceptors (Lipinski definition) is 3. The molecule has 0 amide bonds. The van der Waals surface area contributed by atoms with Crippen LogP contribution in [0.3, 0.4) is 0 Å². The molecule has 3 N–H and O–H groups in total. The standard InChI is InChI=1S/C10H15NO2.ClH/c1-2-11-7-10(13)8-4-3-5-9(12)6-8;/h3-6,10-13H,2,7H2,1H3;1H. The molecule has 1 atom stereocenters. The summed E-state index contributed by atoms with van der Waals surface area (Å²) in [5.41, 5.74) is 0.737. The highest BCUT2D eigenvalue weighted by Gasteiger charge is 2.06. The summed E-state index contributed by atoms with van der Waals surface area (Å²) in [5.74, 6) is 0.188. The summed E-state index contributed by atoms with van der Waals surface area (Å²) in [6.07, 6.45) is -0.549. The Bertz CT molecular complexity index is 268. The fourth-order valence-corrected chi connectivity index (χ4v) is 1.13. The number of phenolic OH excluding ortho intramolecular Hbond substituents is 1. The Labute approximate surface area is 90.2 Å². The summed E-state index contributed by atoms with van der Waals surface area (Å²) in [5, 5.41) is 21.8. The van der Waals surface area contributed by atoms with Gasteiger partial charge in [0.05, 0.1) is 6.10 Å². The number of halogens is 1. The van der Waals surface area contributed by atoms with Crippen LogP contribution in [0.25, 0.3) is 0 Å². The second-order valence-corrected chi connectivity index (χ2v) is 2.92. The lowest BCUT2D eigenvalue weighted by molar-refractivity contribution is 0.175. The lowest BCUT2D eigenvalue weighted by atomic mass is 10.1. The van der Waals surface area contributed by atoms with Gasteiger partial charge in [0.15, 0.2) is 0 Å². The van der Waals surface area contributed by atoms with E-state index in [1.165, 1.54) is 0 Å². The van der Waals surface area contributed by atoms with Gasteiger partial charge < -0.3 is 15.5 Å². The van der Waals surface area contributed by atoms with Crippen LogP contribution in [-0.2, 0) is 0 Å². The van der Waals surface area contributed by atoms with E-state index in [1.54, 1.807) is 24.3 Å². The third-order valence-electron chi connectivity index (χ3n) is 1.84. The minimum Gasteiger partial charge on any atom is -0.508 e. The first-order valence-electron chi connectivity index (χ1n) is 4.41. The predicted octanol–water partition coefficient (Wildman–Crippen LogP) is 1.46. The highest BCUT2D eigenvalue weighted by molar-refractivity contribution is 5.85. The first-order valence-corrected chi connectivity index (χ1v) is 4.41. The van der Waals surface area contributed by atoms with Crippen molar-refractivity contribution in [3.63, 3.8) is 0 Å². The van der Waals surface area contributed by atoms with Gasteiger partial charge in [-0.1, -0.05) is 19.1 Å². The van der Waals surface area contributed by atoms with Crippen LogP contribution in [0.5, 0.6) is 5.75 Å². The molecule has 80 valence electrons.